The minimum absolute atomic E-state index is 0.281. The molecule has 0 bridgehead atoms. The number of halogens is 1. The average molecular weight is 204 g/mol. The molecule has 1 fully saturated rings. The van der Waals surface area contributed by atoms with Crippen LogP contribution in [0.2, 0.25) is 0 Å². The smallest absolute Gasteiger partial charge is 0.314 e. The molecule has 0 aromatic rings. The number of alkyl halides is 1. The second-order valence-corrected chi connectivity index (χ2v) is 3.87. The van der Waals surface area contributed by atoms with Gasteiger partial charge in [-0.05, 0) is 32.6 Å². The molecule has 0 aromatic heterocycles. The standard InChI is InChI=1S/C10H17FO3/c1-2-14-9(13)10(7-11)5-3-8(12)4-6-10/h8,12H,2-7H2,1H3. The van der Waals surface area contributed by atoms with Crippen molar-refractivity contribution in [2.24, 2.45) is 5.41 Å². The van der Waals surface area contributed by atoms with Crippen molar-refractivity contribution in [3.8, 4) is 0 Å². The van der Waals surface area contributed by atoms with E-state index in [2.05, 4.69) is 0 Å². The van der Waals surface area contributed by atoms with Gasteiger partial charge in [0.1, 0.15) is 6.67 Å². The topological polar surface area (TPSA) is 46.5 Å². The zero-order valence-electron chi connectivity index (χ0n) is 8.46. The van der Waals surface area contributed by atoms with Crippen molar-refractivity contribution < 1.29 is 19.0 Å². The number of carbonyl (C=O) groups is 1. The lowest BCUT2D eigenvalue weighted by atomic mass is 9.74. The number of hydrogen-bond acceptors (Lipinski definition) is 3. The van der Waals surface area contributed by atoms with Crippen molar-refractivity contribution in [2.45, 2.75) is 38.7 Å². The number of aliphatic hydroxyl groups excluding tert-OH is 1. The molecule has 1 aliphatic rings. The van der Waals surface area contributed by atoms with Crippen LogP contribution in [0.5, 0.6) is 0 Å². The van der Waals surface area contributed by atoms with E-state index >= 15 is 0 Å². The molecule has 4 heteroatoms. The number of ether oxygens (including phenoxy) is 1. The summed E-state index contributed by atoms with van der Waals surface area (Å²) in [6.45, 7) is 1.31. The van der Waals surface area contributed by atoms with Gasteiger partial charge in [0.05, 0.1) is 18.1 Å². The maximum Gasteiger partial charge on any atom is 0.314 e. The SMILES string of the molecule is CCOC(=O)C1(CF)CCC(O)CC1. The van der Waals surface area contributed by atoms with E-state index in [0.29, 0.717) is 25.7 Å². The molecule has 14 heavy (non-hydrogen) atoms. The van der Waals surface area contributed by atoms with Gasteiger partial charge < -0.3 is 9.84 Å². The first-order valence-electron chi connectivity index (χ1n) is 5.06. The second-order valence-electron chi connectivity index (χ2n) is 3.87. The van der Waals surface area contributed by atoms with Crippen LogP contribution in [0.1, 0.15) is 32.6 Å². The van der Waals surface area contributed by atoms with E-state index in [1.807, 2.05) is 0 Å². The maximum atomic E-state index is 12.9. The summed E-state index contributed by atoms with van der Waals surface area (Å²) in [6, 6.07) is 0. The van der Waals surface area contributed by atoms with Gasteiger partial charge in [-0.3, -0.25) is 4.79 Å². The molecular formula is C10H17FO3. The summed E-state index contributed by atoms with van der Waals surface area (Å²) in [7, 11) is 0. The van der Waals surface area contributed by atoms with Crippen LogP contribution in [0.3, 0.4) is 0 Å². The lowest BCUT2D eigenvalue weighted by molar-refractivity contribution is -0.160. The summed E-state index contributed by atoms with van der Waals surface area (Å²) >= 11 is 0. The predicted molar refractivity (Wildman–Crippen MR) is 49.5 cm³/mol. The Hall–Kier alpha value is -0.640. The average Bonchev–Trinajstić information content (AvgIpc) is 2.20. The Morgan fingerprint density at radius 2 is 2.14 bits per heavy atom. The second kappa shape index (κ2) is 4.73. The van der Waals surface area contributed by atoms with Gasteiger partial charge in [0.15, 0.2) is 0 Å². The van der Waals surface area contributed by atoms with E-state index < -0.39 is 18.1 Å². The van der Waals surface area contributed by atoms with Gasteiger partial charge in [-0.1, -0.05) is 0 Å². The van der Waals surface area contributed by atoms with Crippen LogP contribution < -0.4 is 0 Å². The number of carbonyl (C=O) groups excluding carboxylic acids is 1. The fourth-order valence-corrected chi connectivity index (χ4v) is 1.83. The van der Waals surface area contributed by atoms with Crippen molar-refractivity contribution in [1.82, 2.24) is 0 Å². The Morgan fingerprint density at radius 3 is 2.57 bits per heavy atom. The van der Waals surface area contributed by atoms with E-state index in [9.17, 15) is 14.3 Å². The Labute approximate surface area is 83.3 Å². The fourth-order valence-electron chi connectivity index (χ4n) is 1.83. The van der Waals surface area contributed by atoms with Gasteiger partial charge in [-0.15, -0.1) is 0 Å². The first-order chi connectivity index (χ1) is 6.64. The summed E-state index contributed by atoms with van der Waals surface area (Å²) in [5, 5.41) is 9.27. The van der Waals surface area contributed by atoms with Gasteiger partial charge in [-0.2, -0.15) is 0 Å². The van der Waals surface area contributed by atoms with E-state index in [-0.39, 0.29) is 12.7 Å². The van der Waals surface area contributed by atoms with Gasteiger partial charge in [-0.25, -0.2) is 4.39 Å². The summed E-state index contributed by atoms with van der Waals surface area (Å²) in [5.41, 5.74) is -0.977. The third kappa shape index (κ3) is 2.23. The molecule has 0 amide bonds. The minimum atomic E-state index is -0.977. The number of rotatable bonds is 3. The van der Waals surface area contributed by atoms with Crippen molar-refractivity contribution >= 4 is 5.97 Å². The Balaban J connectivity index is 2.62. The molecule has 1 N–H and O–H groups in total. The van der Waals surface area contributed by atoms with E-state index in [1.54, 1.807) is 6.92 Å². The van der Waals surface area contributed by atoms with Crippen LogP contribution >= 0.6 is 0 Å². The van der Waals surface area contributed by atoms with Gasteiger partial charge in [0.2, 0.25) is 0 Å². The zero-order chi connectivity index (χ0) is 10.6. The summed E-state index contributed by atoms with van der Waals surface area (Å²) < 4.78 is 17.7. The third-order valence-electron chi connectivity index (χ3n) is 2.88. The van der Waals surface area contributed by atoms with Gasteiger partial charge >= 0.3 is 5.97 Å². The Bertz CT molecular complexity index is 198. The normalized spacial score (nSPS) is 32.6. The highest BCUT2D eigenvalue weighted by Crippen LogP contribution is 2.38. The van der Waals surface area contributed by atoms with Crippen LogP contribution in [0.25, 0.3) is 0 Å². The molecule has 0 aliphatic heterocycles. The summed E-state index contributed by atoms with van der Waals surface area (Å²) in [4.78, 5) is 11.5. The van der Waals surface area contributed by atoms with E-state index in [4.69, 9.17) is 4.74 Å². The van der Waals surface area contributed by atoms with E-state index in [1.165, 1.54) is 0 Å². The Morgan fingerprint density at radius 1 is 1.57 bits per heavy atom. The van der Waals surface area contributed by atoms with Crippen molar-refractivity contribution in [3.05, 3.63) is 0 Å². The number of hydrogen-bond donors (Lipinski definition) is 1. The minimum Gasteiger partial charge on any atom is -0.465 e. The molecule has 82 valence electrons. The van der Waals surface area contributed by atoms with Crippen LogP contribution in [-0.4, -0.2) is 30.5 Å². The highest BCUT2D eigenvalue weighted by Gasteiger charge is 2.42. The Kier molecular flexibility index (Phi) is 3.86. The molecule has 1 aliphatic carbocycles. The molecule has 0 radical (unpaired) electrons. The molecule has 0 saturated heterocycles. The molecule has 0 aromatic carbocycles. The lowest BCUT2D eigenvalue weighted by Gasteiger charge is -2.34. The summed E-state index contributed by atoms with van der Waals surface area (Å²) in [5.74, 6) is -0.450. The quantitative estimate of drug-likeness (QED) is 0.707. The molecule has 0 atom stereocenters. The molecule has 1 rings (SSSR count). The molecule has 1 saturated carbocycles. The number of aliphatic hydroxyl groups is 1. The zero-order valence-corrected chi connectivity index (χ0v) is 8.46. The molecule has 0 spiro atoms. The highest BCUT2D eigenvalue weighted by molar-refractivity contribution is 5.77. The van der Waals surface area contributed by atoms with Crippen LogP contribution in [-0.2, 0) is 9.53 Å². The van der Waals surface area contributed by atoms with Crippen LogP contribution in [0.4, 0.5) is 4.39 Å². The summed E-state index contributed by atoms with van der Waals surface area (Å²) in [6.07, 6.45) is 1.38. The van der Waals surface area contributed by atoms with Crippen molar-refractivity contribution in [2.75, 3.05) is 13.3 Å². The fraction of sp³-hybridized carbons (Fsp3) is 0.900. The van der Waals surface area contributed by atoms with Crippen molar-refractivity contribution in [3.63, 3.8) is 0 Å². The molecule has 3 nitrogen and oxygen atoms in total. The molecular weight excluding hydrogens is 187 g/mol. The van der Waals surface area contributed by atoms with Crippen molar-refractivity contribution in [1.29, 1.82) is 0 Å². The molecule has 0 unspecified atom stereocenters. The number of esters is 1. The van der Waals surface area contributed by atoms with E-state index in [0.717, 1.165) is 0 Å². The maximum absolute atomic E-state index is 12.9. The van der Waals surface area contributed by atoms with Crippen LogP contribution in [0, 0.1) is 5.41 Å². The lowest BCUT2D eigenvalue weighted by Crippen LogP contribution is -2.40. The van der Waals surface area contributed by atoms with Crippen LogP contribution in [0.15, 0.2) is 0 Å². The highest BCUT2D eigenvalue weighted by atomic mass is 19.1. The first-order valence-corrected chi connectivity index (χ1v) is 5.06. The monoisotopic (exact) mass is 204 g/mol. The third-order valence-corrected chi connectivity index (χ3v) is 2.88. The molecule has 0 heterocycles. The predicted octanol–water partition coefficient (Wildman–Crippen LogP) is 1.44. The first kappa shape index (κ1) is 11.4. The van der Waals surface area contributed by atoms with Gasteiger partial charge in [0.25, 0.3) is 0 Å². The van der Waals surface area contributed by atoms with Gasteiger partial charge in [0, 0.05) is 0 Å². The largest absolute Gasteiger partial charge is 0.465 e.